The molecule has 0 fully saturated rings. The molecule has 2 nitrogen and oxygen atoms in total. The summed E-state index contributed by atoms with van der Waals surface area (Å²) in [5.74, 6) is 6.31. The third kappa shape index (κ3) is 4.29. The van der Waals surface area contributed by atoms with Gasteiger partial charge in [0, 0.05) is 29.8 Å². The van der Waals surface area contributed by atoms with Gasteiger partial charge in [0.1, 0.15) is 6.29 Å². The van der Waals surface area contributed by atoms with Crippen molar-refractivity contribution in [3.05, 3.63) is 65.2 Å². The van der Waals surface area contributed by atoms with E-state index in [9.17, 15) is 4.79 Å². The first-order valence-corrected chi connectivity index (χ1v) is 6.62. The summed E-state index contributed by atoms with van der Waals surface area (Å²) in [5.41, 5.74) is 3.98. The van der Waals surface area contributed by atoms with Crippen LogP contribution in [0.15, 0.2) is 48.5 Å². The van der Waals surface area contributed by atoms with E-state index >= 15 is 0 Å². The average Bonchev–Trinajstić information content (AvgIpc) is 2.48. The molecule has 0 aromatic heterocycles. The number of anilines is 1. The molecule has 2 heteroatoms. The summed E-state index contributed by atoms with van der Waals surface area (Å²) in [6, 6.07) is 15.6. The van der Waals surface area contributed by atoms with Crippen molar-refractivity contribution in [3.63, 3.8) is 0 Å². The predicted molar refractivity (Wildman–Crippen MR) is 83.0 cm³/mol. The number of carbonyl (C=O) groups is 1. The second-order valence-corrected chi connectivity index (χ2v) is 4.59. The van der Waals surface area contributed by atoms with Gasteiger partial charge in [-0.15, -0.1) is 0 Å². The molecule has 2 rings (SSSR count). The molecule has 0 aliphatic carbocycles. The van der Waals surface area contributed by atoms with Crippen LogP contribution in [0.5, 0.6) is 0 Å². The van der Waals surface area contributed by atoms with Crippen molar-refractivity contribution in [2.24, 2.45) is 0 Å². The van der Waals surface area contributed by atoms with Gasteiger partial charge in [-0.1, -0.05) is 24.0 Å². The Morgan fingerprint density at radius 2 is 1.95 bits per heavy atom. The Hall–Kier alpha value is -2.53. The van der Waals surface area contributed by atoms with Crippen LogP contribution in [0.3, 0.4) is 0 Å². The molecule has 0 amide bonds. The molecule has 0 saturated carbocycles. The molecule has 0 atom stereocenters. The number of hydrogen-bond acceptors (Lipinski definition) is 2. The van der Waals surface area contributed by atoms with Crippen molar-refractivity contribution in [3.8, 4) is 11.8 Å². The topological polar surface area (TPSA) is 29.1 Å². The highest BCUT2D eigenvalue weighted by atomic mass is 16.1. The predicted octanol–water partition coefficient (Wildman–Crippen LogP) is 3.66. The second-order valence-electron chi connectivity index (χ2n) is 4.59. The number of hydrogen-bond donors (Lipinski definition) is 1. The van der Waals surface area contributed by atoms with E-state index in [1.165, 1.54) is 5.56 Å². The van der Waals surface area contributed by atoms with Crippen molar-refractivity contribution in [2.75, 3.05) is 11.9 Å². The van der Waals surface area contributed by atoms with Gasteiger partial charge in [-0.3, -0.25) is 4.79 Å². The lowest BCUT2D eigenvalue weighted by Gasteiger charge is -2.03. The number of aryl methyl sites for hydroxylation is 1. The summed E-state index contributed by atoms with van der Waals surface area (Å²) in [6.07, 6.45) is 1.63. The van der Waals surface area contributed by atoms with Crippen molar-refractivity contribution < 1.29 is 4.79 Å². The molecule has 100 valence electrons. The van der Waals surface area contributed by atoms with E-state index in [1.54, 1.807) is 12.1 Å². The van der Waals surface area contributed by atoms with E-state index in [0.717, 1.165) is 30.5 Å². The van der Waals surface area contributed by atoms with Gasteiger partial charge < -0.3 is 5.32 Å². The smallest absolute Gasteiger partial charge is 0.150 e. The Bertz CT molecular complexity index is 632. The first kappa shape index (κ1) is 13.9. The van der Waals surface area contributed by atoms with Crippen LogP contribution in [-0.4, -0.2) is 12.8 Å². The van der Waals surface area contributed by atoms with Gasteiger partial charge in [0.2, 0.25) is 0 Å². The fraction of sp³-hybridized carbons (Fsp3) is 0.167. The summed E-state index contributed by atoms with van der Waals surface area (Å²) in [4.78, 5) is 10.5. The number of nitrogens with one attached hydrogen (secondary N) is 1. The van der Waals surface area contributed by atoms with Crippen LogP contribution in [-0.2, 0) is 0 Å². The molecule has 2 aromatic carbocycles. The largest absolute Gasteiger partial charge is 0.384 e. The molecule has 0 aliphatic heterocycles. The third-order valence-corrected chi connectivity index (χ3v) is 2.88. The Labute approximate surface area is 119 Å². The van der Waals surface area contributed by atoms with Crippen molar-refractivity contribution in [2.45, 2.75) is 13.3 Å². The van der Waals surface area contributed by atoms with Gasteiger partial charge in [0.25, 0.3) is 0 Å². The quantitative estimate of drug-likeness (QED) is 0.518. The lowest BCUT2D eigenvalue weighted by Crippen LogP contribution is -2.00. The SMILES string of the molecule is Cc1cccc(C#CCCNc2ccc(C=O)cc2)c1. The molecule has 0 radical (unpaired) electrons. The molecule has 0 unspecified atom stereocenters. The maximum Gasteiger partial charge on any atom is 0.150 e. The number of carbonyl (C=O) groups excluding carboxylic acids is 1. The highest BCUT2D eigenvalue weighted by Crippen LogP contribution is 2.07. The normalized spacial score (nSPS) is 9.45. The van der Waals surface area contributed by atoms with Crippen LogP contribution in [0, 0.1) is 18.8 Å². The van der Waals surface area contributed by atoms with E-state index in [4.69, 9.17) is 0 Å². The van der Waals surface area contributed by atoms with E-state index < -0.39 is 0 Å². The maximum absolute atomic E-state index is 10.5. The van der Waals surface area contributed by atoms with Crippen LogP contribution in [0.4, 0.5) is 5.69 Å². The van der Waals surface area contributed by atoms with Gasteiger partial charge in [-0.2, -0.15) is 0 Å². The maximum atomic E-state index is 10.5. The van der Waals surface area contributed by atoms with Crippen LogP contribution < -0.4 is 5.32 Å². The molecule has 0 heterocycles. The molecule has 0 aliphatic rings. The van der Waals surface area contributed by atoms with Crippen molar-refractivity contribution in [1.29, 1.82) is 0 Å². The Balaban J connectivity index is 1.80. The number of benzene rings is 2. The zero-order valence-electron chi connectivity index (χ0n) is 11.5. The third-order valence-electron chi connectivity index (χ3n) is 2.88. The van der Waals surface area contributed by atoms with Gasteiger partial charge >= 0.3 is 0 Å². The number of rotatable bonds is 4. The van der Waals surface area contributed by atoms with Gasteiger partial charge in [-0.25, -0.2) is 0 Å². The summed E-state index contributed by atoms with van der Waals surface area (Å²) in [6.45, 7) is 2.86. The minimum atomic E-state index is 0.690. The molecule has 0 bridgehead atoms. The fourth-order valence-corrected chi connectivity index (χ4v) is 1.84. The summed E-state index contributed by atoms with van der Waals surface area (Å²) in [7, 11) is 0. The molecular formula is C18H17NO. The van der Waals surface area contributed by atoms with Gasteiger partial charge in [0.05, 0.1) is 0 Å². The van der Waals surface area contributed by atoms with E-state index in [-0.39, 0.29) is 0 Å². The lowest BCUT2D eigenvalue weighted by atomic mass is 10.1. The Kier molecular flexibility index (Phi) is 4.97. The molecule has 2 aromatic rings. The van der Waals surface area contributed by atoms with Crippen molar-refractivity contribution >= 4 is 12.0 Å². The van der Waals surface area contributed by atoms with E-state index in [0.29, 0.717) is 5.56 Å². The second kappa shape index (κ2) is 7.16. The Morgan fingerprint density at radius 1 is 1.15 bits per heavy atom. The van der Waals surface area contributed by atoms with Gasteiger partial charge in [-0.05, 0) is 48.9 Å². The summed E-state index contributed by atoms with van der Waals surface area (Å²) in [5, 5.41) is 3.28. The number of aldehydes is 1. The molecule has 1 N–H and O–H groups in total. The minimum Gasteiger partial charge on any atom is -0.384 e. The first-order valence-electron chi connectivity index (χ1n) is 6.62. The van der Waals surface area contributed by atoms with E-state index in [2.05, 4.69) is 36.2 Å². The van der Waals surface area contributed by atoms with Crippen LogP contribution in [0.25, 0.3) is 0 Å². The highest BCUT2D eigenvalue weighted by Gasteiger charge is 1.92. The van der Waals surface area contributed by atoms with E-state index in [1.807, 2.05) is 24.3 Å². The highest BCUT2D eigenvalue weighted by molar-refractivity contribution is 5.75. The molecule has 20 heavy (non-hydrogen) atoms. The van der Waals surface area contributed by atoms with Crippen LogP contribution in [0.2, 0.25) is 0 Å². The minimum absolute atomic E-state index is 0.690. The molecule has 0 spiro atoms. The first-order chi connectivity index (χ1) is 9.78. The lowest BCUT2D eigenvalue weighted by molar-refractivity contribution is 0.112. The Morgan fingerprint density at radius 3 is 2.65 bits per heavy atom. The zero-order valence-corrected chi connectivity index (χ0v) is 11.5. The van der Waals surface area contributed by atoms with Gasteiger partial charge in [0.15, 0.2) is 0 Å². The summed E-state index contributed by atoms with van der Waals surface area (Å²) >= 11 is 0. The zero-order chi connectivity index (χ0) is 14.2. The standard InChI is InChI=1S/C18H17NO/c1-15-5-4-7-16(13-15)6-2-3-12-19-18-10-8-17(14-20)9-11-18/h4-5,7-11,13-14,19H,3,12H2,1H3. The summed E-state index contributed by atoms with van der Waals surface area (Å²) < 4.78 is 0. The van der Waals surface area contributed by atoms with Crippen molar-refractivity contribution in [1.82, 2.24) is 0 Å². The monoisotopic (exact) mass is 263 g/mol. The van der Waals surface area contributed by atoms with Crippen LogP contribution >= 0.6 is 0 Å². The fourth-order valence-electron chi connectivity index (χ4n) is 1.84. The molecular weight excluding hydrogens is 246 g/mol. The average molecular weight is 263 g/mol. The molecule has 0 saturated heterocycles. The van der Waals surface area contributed by atoms with Crippen LogP contribution in [0.1, 0.15) is 27.9 Å².